The van der Waals surface area contributed by atoms with Crippen molar-refractivity contribution in [3.8, 4) is 44.5 Å². The molecule has 8 heteroatoms. The van der Waals surface area contributed by atoms with Crippen molar-refractivity contribution in [2.24, 2.45) is 0 Å². The largest absolute Gasteiger partial charge is 0.456 e. The number of hydrogen-bond acceptors (Lipinski definition) is 1. The predicted octanol–water partition coefficient (Wildman–Crippen LogP) is 5.27. The van der Waals surface area contributed by atoms with E-state index in [1.165, 1.54) is 5.39 Å². The normalized spacial score (nSPS) is 11.7. The molecule has 1 aromatic heterocycles. The molecule has 0 spiro atoms. The molecule has 56 heavy (non-hydrogen) atoms. The minimum Gasteiger partial charge on any atom is -0.456 e. The van der Waals surface area contributed by atoms with Gasteiger partial charge in [0.05, 0.1) is 0 Å². The Morgan fingerprint density at radius 3 is 1.50 bits per heavy atom. The van der Waals surface area contributed by atoms with Crippen LogP contribution >= 0.6 is 0 Å². The summed E-state index contributed by atoms with van der Waals surface area (Å²) < 4.78 is 6.23. The van der Waals surface area contributed by atoms with E-state index in [2.05, 4.69) is 60.7 Å². The Labute approximate surface area is 334 Å². The Morgan fingerprint density at radius 2 is 0.786 bits per heavy atom. The lowest BCUT2D eigenvalue weighted by Crippen LogP contribution is -2.48. The van der Waals surface area contributed by atoms with Crippen LogP contribution in [0.2, 0.25) is 0 Å². The van der Waals surface area contributed by atoms with E-state index in [0.29, 0.717) is 54.6 Å². The zero-order valence-electron chi connectivity index (χ0n) is 30.2. The maximum Gasteiger partial charge on any atom is 0.135 e. The fourth-order valence-corrected chi connectivity index (χ4v) is 8.50. The van der Waals surface area contributed by atoms with Crippen molar-refractivity contribution >= 4 is 147 Å². The van der Waals surface area contributed by atoms with Gasteiger partial charge in [0.2, 0.25) is 0 Å². The summed E-state index contributed by atoms with van der Waals surface area (Å²) in [6.45, 7) is 0. The first-order valence-electron chi connectivity index (χ1n) is 18.3. The molecule has 0 amide bonds. The summed E-state index contributed by atoms with van der Waals surface area (Å²) in [6.07, 6.45) is 0. The third-order valence-corrected chi connectivity index (χ3v) is 11.3. The van der Waals surface area contributed by atoms with E-state index in [1.54, 1.807) is 0 Å². The van der Waals surface area contributed by atoms with Gasteiger partial charge in [-0.05, 0) is 101 Å². The van der Waals surface area contributed by atoms with Crippen LogP contribution in [0.1, 0.15) is 0 Å². The second-order valence-corrected chi connectivity index (χ2v) is 14.3. The van der Waals surface area contributed by atoms with Gasteiger partial charge >= 0.3 is 0 Å². The minimum atomic E-state index is 0.186. The molecule has 1 nitrogen and oxygen atoms in total. The summed E-state index contributed by atoms with van der Waals surface area (Å²) in [5, 5.41) is 6.74. The molecule has 10 aromatic rings. The van der Waals surface area contributed by atoms with Crippen molar-refractivity contribution in [3.05, 3.63) is 140 Å². The summed E-state index contributed by atoms with van der Waals surface area (Å²) in [5.74, 6) is 0. The molecule has 14 radical (unpaired) electrons. The first-order valence-corrected chi connectivity index (χ1v) is 18.3. The molecule has 9 aromatic carbocycles. The van der Waals surface area contributed by atoms with E-state index >= 15 is 0 Å². The standard InChI is InChI=1S/C48H23B7O/c49-42-37(26-9-2-1-3-10-26)43(50)44(51)39-35(27-17-14-25(15-18-27)29-19-16-24-8-4-5-11-28(24)22-29)40-41(46(53)48(55)47(54)45(40)52)36(38(39)42)30-20-21-34-32(23-30)31-12-6-7-13-33(31)56-34/h1-23H. The molecule has 0 unspecified atom stereocenters. The maximum absolute atomic E-state index is 7.40. The quantitative estimate of drug-likeness (QED) is 0.181. The molecular formula is C48H23B7O. The van der Waals surface area contributed by atoms with Crippen LogP contribution in [0.15, 0.2) is 144 Å². The number of para-hydroxylation sites is 1. The van der Waals surface area contributed by atoms with Crippen LogP contribution in [0, 0.1) is 0 Å². The lowest BCUT2D eigenvalue weighted by Gasteiger charge is -2.29. The molecule has 10 rings (SSSR count). The molecule has 0 N–H and O–H groups in total. The van der Waals surface area contributed by atoms with Crippen molar-refractivity contribution in [3.63, 3.8) is 0 Å². The van der Waals surface area contributed by atoms with Gasteiger partial charge in [-0.25, -0.2) is 0 Å². The second kappa shape index (κ2) is 13.1. The number of hydrogen-bond donors (Lipinski definition) is 0. The number of benzene rings is 9. The van der Waals surface area contributed by atoms with Gasteiger partial charge in [0, 0.05) is 10.8 Å². The van der Waals surface area contributed by atoms with Gasteiger partial charge in [0.15, 0.2) is 0 Å². The van der Waals surface area contributed by atoms with Crippen LogP contribution in [-0.4, -0.2) is 54.9 Å². The molecule has 0 saturated heterocycles. The molecule has 1 heterocycles. The molecule has 0 aliphatic heterocycles. The molecule has 0 aliphatic rings. The van der Waals surface area contributed by atoms with Gasteiger partial charge in [-0.2, -0.15) is 0 Å². The molecule has 0 saturated carbocycles. The second-order valence-electron chi connectivity index (χ2n) is 14.3. The maximum atomic E-state index is 7.40. The van der Waals surface area contributed by atoms with Gasteiger partial charge in [0.1, 0.15) is 66.1 Å². The number of rotatable bonds is 4. The van der Waals surface area contributed by atoms with Crippen LogP contribution in [0.4, 0.5) is 0 Å². The Morgan fingerprint density at radius 1 is 0.286 bits per heavy atom. The first kappa shape index (κ1) is 34.5. The zero-order valence-corrected chi connectivity index (χ0v) is 30.2. The highest BCUT2D eigenvalue weighted by molar-refractivity contribution is 6.69. The van der Waals surface area contributed by atoms with E-state index in [1.807, 2.05) is 78.9 Å². The van der Waals surface area contributed by atoms with Gasteiger partial charge in [-0.15, -0.1) is 10.9 Å². The predicted molar refractivity (Wildman–Crippen MR) is 246 cm³/mol. The van der Waals surface area contributed by atoms with Gasteiger partial charge < -0.3 is 4.42 Å². The third kappa shape index (κ3) is 5.12. The van der Waals surface area contributed by atoms with Crippen molar-refractivity contribution < 1.29 is 4.42 Å². The topological polar surface area (TPSA) is 13.1 Å². The average Bonchev–Trinajstić information content (AvgIpc) is 3.61. The highest BCUT2D eigenvalue weighted by Gasteiger charge is 2.26. The van der Waals surface area contributed by atoms with Crippen LogP contribution in [0.3, 0.4) is 0 Å². The van der Waals surface area contributed by atoms with E-state index < -0.39 is 0 Å². The smallest absolute Gasteiger partial charge is 0.135 e. The highest BCUT2D eigenvalue weighted by atomic mass is 16.3. The molecular weight excluding hydrogens is 668 g/mol. The lowest BCUT2D eigenvalue weighted by molar-refractivity contribution is 0.669. The van der Waals surface area contributed by atoms with Crippen LogP contribution < -0.4 is 38.2 Å². The Kier molecular flexibility index (Phi) is 8.05. The summed E-state index contributed by atoms with van der Waals surface area (Å²) in [4.78, 5) is 0. The highest BCUT2D eigenvalue weighted by Crippen LogP contribution is 2.43. The Balaban J connectivity index is 1.36. The fraction of sp³-hybridized carbons (Fsp3) is 0. The van der Waals surface area contributed by atoms with Gasteiger partial charge in [-0.3, -0.25) is 0 Å². The van der Waals surface area contributed by atoms with Crippen molar-refractivity contribution in [2.75, 3.05) is 0 Å². The minimum absolute atomic E-state index is 0.186. The summed E-state index contributed by atoms with van der Waals surface area (Å²) >= 11 is 0. The number of furan rings is 1. The third-order valence-electron chi connectivity index (χ3n) is 11.3. The van der Waals surface area contributed by atoms with E-state index in [4.69, 9.17) is 59.3 Å². The van der Waals surface area contributed by atoms with E-state index in [9.17, 15) is 0 Å². The van der Waals surface area contributed by atoms with Crippen molar-refractivity contribution in [1.29, 1.82) is 0 Å². The molecule has 242 valence electrons. The molecule has 0 aliphatic carbocycles. The Bertz CT molecular complexity index is 3260. The molecule has 0 fully saturated rings. The zero-order chi connectivity index (χ0) is 38.4. The van der Waals surface area contributed by atoms with E-state index in [-0.39, 0.29) is 21.9 Å². The number of fused-ring (bicyclic) bond motifs is 6. The monoisotopic (exact) mass is 692 g/mol. The first-order chi connectivity index (χ1) is 27.2. The lowest BCUT2D eigenvalue weighted by atomic mass is 9.60. The molecule has 0 bridgehead atoms. The summed E-state index contributed by atoms with van der Waals surface area (Å²) in [6, 6.07) is 46.8. The summed E-state index contributed by atoms with van der Waals surface area (Å²) in [5.41, 5.74) is 10.2. The SMILES string of the molecule is [B]c1c([B])c([B])c2c(-c3ccc4oc5ccccc5c4c3)c3c([B])c(-c4ccccc4)c([B])c([B])c3c(-c3ccc(-c4ccc5ccccc5c4)cc3)c2c1[B]. The fourth-order valence-electron chi connectivity index (χ4n) is 8.50. The van der Waals surface area contributed by atoms with Crippen LogP contribution in [-0.2, 0) is 0 Å². The average molecular weight is 691 g/mol. The van der Waals surface area contributed by atoms with Crippen LogP contribution in [0.25, 0.3) is 98.8 Å². The van der Waals surface area contributed by atoms with Crippen molar-refractivity contribution in [2.45, 2.75) is 0 Å². The van der Waals surface area contributed by atoms with Crippen molar-refractivity contribution in [1.82, 2.24) is 0 Å². The van der Waals surface area contributed by atoms with Gasteiger partial charge in [0.25, 0.3) is 0 Å². The molecule has 0 atom stereocenters. The van der Waals surface area contributed by atoms with E-state index in [0.717, 1.165) is 55.1 Å². The van der Waals surface area contributed by atoms with Crippen LogP contribution in [0.5, 0.6) is 0 Å². The Hall–Kier alpha value is -5.99. The summed E-state index contributed by atoms with van der Waals surface area (Å²) in [7, 11) is 49.2. The van der Waals surface area contributed by atoms with Gasteiger partial charge in [-0.1, -0.05) is 143 Å².